The summed E-state index contributed by atoms with van der Waals surface area (Å²) in [5.41, 5.74) is 1.09. The first-order valence-corrected chi connectivity index (χ1v) is 8.50. The maximum Gasteiger partial charge on any atom is 0.223 e. The highest BCUT2D eigenvalue weighted by Crippen LogP contribution is 2.47. The van der Waals surface area contributed by atoms with Gasteiger partial charge in [-0.15, -0.1) is 0 Å². The summed E-state index contributed by atoms with van der Waals surface area (Å²) in [6.45, 7) is 2.25. The third kappa shape index (κ3) is 3.02. The number of hydrogen-bond donors (Lipinski definition) is 1. The fourth-order valence-electron chi connectivity index (χ4n) is 3.72. The first-order chi connectivity index (χ1) is 10.7. The lowest BCUT2D eigenvalue weighted by atomic mass is 10.0. The normalized spacial score (nSPS) is 29.3. The molecule has 1 aromatic carbocycles. The molecular formula is C18H23FN2O. The average Bonchev–Trinajstić information content (AvgIpc) is 3.41. The fraction of sp³-hybridized carbons (Fsp3) is 0.611. The van der Waals surface area contributed by atoms with E-state index in [1.165, 1.54) is 25.0 Å². The molecule has 0 spiro atoms. The molecular weight excluding hydrogens is 279 g/mol. The van der Waals surface area contributed by atoms with E-state index in [0.717, 1.165) is 44.0 Å². The molecule has 1 heterocycles. The van der Waals surface area contributed by atoms with Crippen LogP contribution in [0.3, 0.4) is 0 Å². The third-order valence-electron chi connectivity index (χ3n) is 5.36. The molecule has 4 heteroatoms. The van der Waals surface area contributed by atoms with Crippen molar-refractivity contribution in [3.63, 3.8) is 0 Å². The summed E-state index contributed by atoms with van der Waals surface area (Å²) in [5.74, 6) is 0.353. The van der Waals surface area contributed by atoms with Gasteiger partial charge in [0.1, 0.15) is 5.82 Å². The number of benzene rings is 1. The number of nitrogens with zero attached hydrogens (tertiary/aromatic N) is 1. The van der Waals surface area contributed by atoms with Crippen LogP contribution in [0.25, 0.3) is 0 Å². The zero-order valence-electron chi connectivity index (χ0n) is 12.8. The molecule has 1 aromatic rings. The van der Waals surface area contributed by atoms with E-state index in [2.05, 4.69) is 10.2 Å². The van der Waals surface area contributed by atoms with Crippen molar-refractivity contribution in [3.05, 3.63) is 35.6 Å². The molecule has 22 heavy (non-hydrogen) atoms. The van der Waals surface area contributed by atoms with E-state index < -0.39 is 0 Å². The smallest absolute Gasteiger partial charge is 0.223 e. The molecule has 1 aliphatic heterocycles. The molecule has 0 radical (unpaired) electrons. The van der Waals surface area contributed by atoms with Gasteiger partial charge in [-0.3, -0.25) is 4.79 Å². The summed E-state index contributed by atoms with van der Waals surface area (Å²) < 4.78 is 12.9. The van der Waals surface area contributed by atoms with Crippen molar-refractivity contribution in [1.29, 1.82) is 0 Å². The van der Waals surface area contributed by atoms with Crippen molar-refractivity contribution in [2.24, 2.45) is 5.92 Å². The molecule has 1 amide bonds. The van der Waals surface area contributed by atoms with Crippen molar-refractivity contribution < 1.29 is 9.18 Å². The predicted octanol–water partition coefficient (Wildman–Crippen LogP) is 2.67. The number of halogens is 1. The Morgan fingerprint density at radius 2 is 1.77 bits per heavy atom. The van der Waals surface area contributed by atoms with Crippen LogP contribution < -0.4 is 5.32 Å². The van der Waals surface area contributed by atoms with Gasteiger partial charge in [0.15, 0.2) is 0 Å². The molecule has 1 N–H and O–H groups in total. The SMILES string of the molecule is O=C(NC1CCN(C2CC2)CC1)[C@@H]1C[C@H]1c1ccc(F)cc1. The molecule has 1 saturated heterocycles. The number of hydrogen-bond acceptors (Lipinski definition) is 2. The van der Waals surface area contributed by atoms with E-state index in [4.69, 9.17) is 0 Å². The first kappa shape index (κ1) is 14.2. The molecule has 0 aromatic heterocycles. The molecule has 3 fully saturated rings. The third-order valence-corrected chi connectivity index (χ3v) is 5.36. The van der Waals surface area contributed by atoms with Crippen molar-refractivity contribution in [2.45, 2.75) is 50.1 Å². The second-order valence-electron chi connectivity index (χ2n) is 7.05. The largest absolute Gasteiger partial charge is 0.353 e. The van der Waals surface area contributed by atoms with E-state index >= 15 is 0 Å². The lowest BCUT2D eigenvalue weighted by Gasteiger charge is -2.32. The van der Waals surface area contributed by atoms with Crippen LogP contribution in [0.5, 0.6) is 0 Å². The van der Waals surface area contributed by atoms with Gasteiger partial charge in [-0.05, 0) is 55.7 Å². The van der Waals surface area contributed by atoms with Crippen LogP contribution in [0, 0.1) is 11.7 Å². The number of nitrogens with one attached hydrogen (secondary N) is 1. The topological polar surface area (TPSA) is 32.3 Å². The molecule has 2 saturated carbocycles. The summed E-state index contributed by atoms with van der Waals surface area (Å²) in [6, 6.07) is 7.76. The Labute approximate surface area is 130 Å². The van der Waals surface area contributed by atoms with Gasteiger partial charge in [0.25, 0.3) is 0 Å². The van der Waals surface area contributed by atoms with Crippen LogP contribution in [0.4, 0.5) is 4.39 Å². The highest BCUT2D eigenvalue weighted by molar-refractivity contribution is 5.83. The first-order valence-electron chi connectivity index (χ1n) is 8.50. The Balaban J connectivity index is 1.26. The minimum Gasteiger partial charge on any atom is -0.353 e. The summed E-state index contributed by atoms with van der Waals surface area (Å²) in [7, 11) is 0. The number of rotatable bonds is 4. The van der Waals surface area contributed by atoms with Gasteiger partial charge >= 0.3 is 0 Å². The Morgan fingerprint density at radius 3 is 2.41 bits per heavy atom. The summed E-state index contributed by atoms with van der Waals surface area (Å²) in [5, 5.41) is 3.23. The average molecular weight is 302 g/mol. The van der Waals surface area contributed by atoms with Gasteiger partial charge in [0.05, 0.1) is 0 Å². The molecule has 0 unspecified atom stereocenters. The van der Waals surface area contributed by atoms with Gasteiger partial charge in [0.2, 0.25) is 5.91 Å². The van der Waals surface area contributed by atoms with Crippen LogP contribution in [-0.2, 0) is 4.79 Å². The van der Waals surface area contributed by atoms with E-state index in [-0.39, 0.29) is 23.6 Å². The molecule has 118 valence electrons. The second-order valence-corrected chi connectivity index (χ2v) is 7.05. The van der Waals surface area contributed by atoms with E-state index in [1.54, 1.807) is 12.1 Å². The number of amides is 1. The van der Waals surface area contributed by atoms with E-state index in [1.807, 2.05) is 0 Å². The summed E-state index contributed by atoms with van der Waals surface area (Å²) >= 11 is 0. The van der Waals surface area contributed by atoms with E-state index in [0.29, 0.717) is 6.04 Å². The van der Waals surface area contributed by atoms with Gasteiger partial charge in [0, 0.05) is 31.1 Å². The lowest BCUT2D eigenvalue weighted by molar-refractivity contribution is -0.123. The minimum absolute atomic E-state index is 0.0897. The molecule has 4 rings (SSSR count). The van der Waals surface area contributed by atoms with Crippen molar-refractivity contribution in [1.82, 2.24) is 10.2 Å². The quantitative estimate of drug-likeness (QED) is 0.927. The number of likely N-dealkylation sites (tertiary alicyclic amines) is 1. The monoisotopic (exact) mass is 302 g/mol. The van der Waals surface area contributed by atoms with Crippen LogP contribution in [-0.4, -0.2) is 36.0 Å². The Morgan fingerprint density at radius 1 is 1.09 bits per heavy atom. The van der Waals surface area contributed by atoms with Crippen LogP contribution >= 0.6 is 0 Å². The summed E-state index contributed by atoms with van der Waals surface area (Å²) in [6.07, 6.45) is 5.78. The zero-order valence-corrected chi connectivity index (χ0v) is 12.8. The highest BCUT2D eigenvalue weighted by Gasteiger charge is 2.44. The molecule has 3 aliphatic rings. The second kappa shape index (κ2) is 5.65. The number of piperidine rings is 1. The molecule has 2 aliphatic carbocycles. The molecule has 3 nitrogen and oxygen atoms in total. The maximum absolute atomic E-state index is 12.9. The van der Waals surface area contributed by atoms with Gasteiger partial charge < -0.3 is 10.2 Å². The molecule has 2 atom stereocenters. The van der Waals surface area contributed by atoms with Crippen molar-refractivity contribution >= 4 is 5.91 Å². The van der Waals surface area contributed by atoms with Crippen LogP contribution in [0.15, 0.2) is 24.3 Å². The lowest BCUT2D eigenvalue weighted by Crippen LogP contribution is -2.45. The van der Waals surface area contributed by atoms with Gasteiger partial charge in [-0.1, -0.05) is 12.1 Å². The predicted molar refractivity (Wildman–Crippen MR) is 83.0 cm³/mol. The fourth-order valence-corrected chi connectivity index (χ4v) is 3.72. The Hall–Kier alpha value is -1.42. The number of carbonyl (C=O) groups excluding carboxylic acids is 1. The van der Waals surface area contributed by atoms with Gasteiger partial charge in [-0.25, -0.2) is 4.39 Å². The maximum atomic E-state index is 12.9. The highest BCUT2D eigenvalue weighted by atomic mass is 19.1. The van der Waals surface area contributed by atoms with Crippen LogP contribution in [0.1, 0.15) is 43.6 Å². The van der Waals surface area contributed by atoms with Gasteiger partial charge in [-0.2, -0.15) is 0 Å². The number of carbonyl (C=O) groups is 1. The standard InChI is InChI=1S/C18H23FN2O/c19-13-3-1-12(2-4-13)16-11-17(16)18(22)20-14-7-9-21(10-8-14)15-5-6-15/h1-4,14-17H,5-11H2,(H,20,22)/t16-,17+/m0/s1. The molecule has 0 bridgehead atoms. The minimum atomic E-state index is -0.215. The Kier molecular flexibility index (Phi) is 3.65. The zero-order chi connectivity index (χ0) is 15.1. The van der Waals surface area contributed by atoms with Crippen molar-refractivity contribution in [3.8, 4) is 0 Å². The Bertz CT molecular complexity index is 547. The van der Waals surface area contributed by atoms with E-state index in [9.17, 15) is 9.18 Å². The van der Waals surface area contributed by atoms with Crippen LogP contribution in [0.2, 0.25) is 0 Å². The van der Waals surface area contributed by atoms with Crippen molar-refractivity contribution in [2.75, 3.05) is 13.1 Å². The summed E-state index contributed by atoms with van der Waals surface area (Å²) in [4.78, 5) is 14.9.